The van der Waals surface area contributed by atoms with Crippen molar-refractivity contribution in [3.8, 4) is 16.9 Å². The van der Waals surface area contributed by atoms with E-state index < -0.39 is 0 Å². The summed E-state index contributed by atoms with van der Waals surface area (Å²) in [5.74, 6) is 0.946. The monoisotopic (exact) mass is 446 g/mol. The van der Waals surface area contributed by atoms with Gasteiger partial charge >= 0.3 is 5.97 Å². The number of aromatic nitrogens is 1. The predicted molar refractivity (Wildman–Crippen MR) is 130 cm³/mol. The molecule has 172 valence electrons. The molecule has 0 fully saturated rings. The highest BCUT2D eigenvalue weighted by Gasteiger charge is 2.14. The number of para-hydroxylation sites is 1. The second-order valence-corrected chi connectivity index (χ2v) is 7.28. The van der Waals surface area contributed by atoms with E-state index in [0.29, 0.717) is 24.8 Å². The second-order valence-electron chi connectivity index (χ2n) is 7.28. The summed E-state index contributed by atoms with van der Waals surface area (Å²) in [7, 11) is 1.38. The zero-order chi connectivity index (χ0) is 23.8. The van der Waals surface area contributed by atoms with Crippen LogP contribution >= 0.6 is 0 Å². The number of oxazole rings is 1. The number of hydrogen-bond acceptors (Lipinski definition) is 6. The molecule has 0 radical (unpaired) electrons. The number of aryl methyl sites for hydroxylation is 1. The number of ether oxygens (including phenoxy) is 2. The number of rotatable bonds is 7. The third-order valence-corrected chi connectivity index (χ3v) is 5.06. The molecule has 4 rings (SSSR count). The summed E-state index contributed by atoms with van der Waals surface area (Å²) in [5.41, 5.74) is 12.1. The number of hydrogen-bond donors (Lipinski definition) is 1. The molecule has 0 spiro atoms. The minimum absolute atomic E-state index is 0.158. The summed E-state index contributed by atoms with van der Waals surface area (Å²) in [6.07, 6.45) is 0.158. The van der Waals surface area contributed by atoms with Crippen molar-refractivity contribution in [3.63, 3.8) is 0 Å². The molecular formula is C27H30N2O4. The molecule has 0 aliphatic carbocycles. The Bertz CT molecular complexity index is 1230. The molecule has 0 amide bonds. The molecule has 2 N–H and O–H groups in total. The van der Waals surface area contributed by atoms with Crippen LogP contribution in [0.15, 0.2) is 65.1 Å². The fourth-order valence-corrected chi connectivity index (χ4v) is 3.55. The molecule has 0 aliphatic rings. The highest BCUT2D eigenvalue weighted by Crippen LogP contribution is 2.32. The molecule has 0 unspecified atom stereocenters. The number of nitrogens with zero attached hydrogens (tertiary/aromatic N) is 1. The zero-order valence-corrected chi connectivity index (χ0v) is 19.6. The van der Waals surface area contributed by atoms with Crippen LogP contribution in [0.4, 0.5) is 0 Å². The van der Waals surface area contributed by atoms with Crippen LogP contribution in [-0.2, 0) is 29.1 Å². The Balaban J connectivity index is 0.00000149. The lowest BCUT2D eigenvalue weighted by Gasteiger charge is -2.12. The first-order valence-corrected chi connectivity index (χ1v) is 11.0. The van der Waals surface area contributed by atoms with E-state index in [9.17, 15) is 4.79 Å². The fourth-order valence-electron chi connectivity index (χ4n) is 3.55. The van der Waals surface area contributed by atoms with Crippen LogP contribution in [0, 0.1) is 6.92 Å². The van der Waals surface area contributed by atoms with E-state index in [1.165, 1.54) is 7.11 Å². The lowest BCUT2D eigenvalue weighted by molar-refractivity contribution is -0.139. The van der Waals surface area contributed by atoms with Crippen LogP contribution in [0.25, 0.3) is 22.2 Å². The SMILES string of the molecule is CC.COC(=O)Cc1ccccc1OCc1cc(-c2cccc(CN)c2)c2oc(C)nc2c1. The van der Waals surface area contributed by atoms with Gasteiger partial charge in [-0.25, -0.2) is 4.98 Å². The van der Waals surface area contributed by atoms with Gasteiger partial charge < -0.3 is 19.6 Å². The van der Waals surface area contributed by atoms with Crippen LogP contribution in [0.2, 0.25) is 0 Å². The van der Waals surface area contributed by atoms with E-state index in [0.717, 1.165) is 38.9 Å². The highest BCUT2D eigenvalue weighted by atomic mass is 16.5. The fraction of sp³-hybridized carbons (Fsp3) is 0.259. The summed E-state index contributed by atoms with van der Waals surface area (Å²) in [6.45, 7) is 6.62. The molecule has 33 heavy (non-hydrogen) atoms. The van der Waals surface area contributed by atoms with Crippen LogP contribution in [0.5, 0.6) is 5.75 Å². The molecule has 6 heteroatoms. The first-order chi connectivity index (χ1) is 16.1. The number of carbonyl (C=O) groups is 1. The summed E-state index contributed by atoms with van der Waals surface area (Å²) in [5, 5.41) is 0. The van der Waals surface area contributed by atoms with Gasteiger partial charge in [0, 0.05) is 24.6 Å². The molecule has 0 aliphatic heterocycles. The van der Waals surface area contributed by atoms with E-state index in [4.69, 9.17) is 19.6 Å². The summed E-state index contributed by atoms with van der Waals surface area (Å²) in [4.78, 5) is 16.2. The molecule has 4 aromatic rings. The summed E-state index contributed by atoms with van der Waals surface area (Å²) in [6, 6.07) is 19.5. The number of esters is 1. The summed E-state index contributed by atoms with van der Waals surface area (Å²) < 4.78 is 16.7. The van der Waals surface area contributed by atoms with E-state index in [1.54, 1.807) is 0 Å². The standard InChI is InChI=1S/C25H24N2O4.C2H6/c1-16-27-22-12-18(15-30-23-9-4-3-7-20(23)13-24(28)29-2)11-21(25(22)31-16)19-8-5-6-17(10-19)14-26;1-2/h3-12H,13-15,26H2,1-2H3;1-2H3. The van der Waals surface area contributed by atoms with Crippen molar-refractivity contribution in [2.45, 2.75) is 40.3 Å². The smallest absolute Gasteiger partial charge is 0.310 e. The first kappa shape index (κ1) is 24.0. The maximum Gasteiger partial charge on any atom is 0.310 e. The van der Waals surface area contributed by atoms with Crippen molar-refractivity contribution in [1.82, 2.24) is 4.98 Å². The van der Waals surface area contributed by atoms with Gasteiger partial charge in [0.05, 0.1) is 13.5 Å². The second kappa shape index (κ2) is 11.3. The van der Waals surface area contributed by atoms with Crippen LogP contribution in [0.3, 0.4) is 0 Å². The van der Waals surface area contributed by atoms with Crippen molar-refractivity contribution in [2.75, 3.05) is 7.11 Å². The molecule has 1 aromatic heterocycles. The van der Waals surface area contributed by atoms with Gasteiger partial charge in [0.15, 0.2) is 11.5 Å². The highest BCUT2D eigenvalue weighted by molar-refractivity contribution is 5.91. The largest absolute Gasteiger partial charge is 0.489 e. The van der Waals surface area contributed by atoms with Gasteiger partial charge in [-0.1, -0.05) is 50.2 Å². The quantitative estimate of drug-likeness (QED) is 0.373. The maximum absolute atomic E-state index is 11.7. The normalized spacial score (nSPS) is 10.5. The van der Waals surface area contributed by atoms with Crippen LogP contribution < -0.4 is 10.5 Å². The van der Waals surface area contributed by atoms with Crippen LogP contribution in [0.1, 0.15) is 36.4 Å². The van der Waals surface area contributed by atoms with Crippen molar-refractivity contribution >= 4 is 17.1 Å². The molecule has 0 saturated carbocycles. The Hall–Kier alpha value is -3.64. The Labute approximate surface area is 194 Å². The van der Waals surface area contributed by atoms with Crippen molar-refractivity contribution in [1.29, 1.82) is 0 Å². The molecule has 3 aromatic carbocycles. The molecule has 0 bridgehead atoms. The number of nitrogens with two attached hydrogens (primary N) is 1. The molecular weight excluding hydrogens is 416 g/mol. The molecule has 0 atom stereocenters. The predicted octanol–water partition coefficient (Wildman–Crippen LogP) is 5.58. The zero-order valence-electron chi connectivity index (χ0n) is 19.6. The average Bonchev–Trinajstić information content (AvgIpc) is 3.24. The summed E-state index contributed by atoms with van der Waals surface area (Å²) >= 11 is 0. The Morgan fingerprint density at radius 2 is 1.82 bits per heavy atom. The lowest BCUT2D eigenvalue weighted by atomic mass is 10.00. The van der Waals surface area contributed by atoms with E-state index in [2.05, 4.69) is 11.1 Å². The number of fused-ring (bicyclic) bond motifs is 1. The number of benzene rings is 3. The number of carbonyl (C=O) groups excluding carboxylic acids is 1. The Morgan fingerprint density at radius 1 is 1.03 bits per heavy atom. The lowest BCUT2D eigenvalue weighted by Crippen LogP contribution is -2.07. The van der Waals surface area contributed by atoms with Gasteiger partial charge in [-0.05, 0) is 41.0 Å². The van der Waals surface area contributed by atoms with Crippen molar-refractivity contribution in [2.24, 2.45) is 5.73 Å². The Kier molecular flexibility index (Phi) is 8.22. The van der Waals surface area contributed by atoms with Gasteiger partial charge in [0.2, 0.25) is 0 Å². The minimum atomic E-state index is -0.308. The first-order valence-electron chi connectivity index (χ1n) is 11.0. The van der Waals surface area contributed by atoms with Gasteiger partial charge in [0.1, 0.15) is 17.9 Å². The van der Waals surface area contributed by atoms with Crippen LogP contribution in [-0.4, -0.2) is 18.1 Å². The topological polar surface area (TPSA) is 87.6 Å². The van der Waals surface area contributed by atoms with E-state index >= 15 is 0 Å². The van der Waals surface area contributed by atoms with Crippen molar-refractivity contribution < 1.29 is 18.7 Å². The van der Waals surface area contributed by atoms with Gasteiger partial charge in [-0.2, -0.15) is 0 Å². The Morgan fingerprint density at radius 3 is 2.58 bits per heavy atom. The van der Waals surface area contributed by atoms with E-state index in [-0.39, 0.29) is 12.4 Å². The van der Waals surface area contributed by atoms with Gasteiger partial charge in [-0.3, -0.25) is 4.79 Å². The average molecular weight is 447 g/mol. The third kappa shape index (κ3) is 5.79. The molecule has 0 saturated heterocycles. The van der Waals surface area contributed by atoms with Gasteiger partial charge in [0.25, 0.3) is 0 Å². The van der Waals surface area contributed by atoms with E-state index in [1.807, 2.05) is 75.4 Å². The number of methoxy groups -OCH3 is 1. The third-order valence-electron chi connectivity index (χ3n) is 5.06. The van der Waals surface area contributed by atoms with Crippen molar-refractivity contribution in [3.05, 3.63) is 83.2 Å². The maximum atomic E-state index is 11.7. The minimum Gasteiger partial charge on any atom is -0.489 e. The molecule has 6 nitrogen and oxygen atoms in total. The van der Waals surface area contributed by atoms with Gasteiger partial charge in [-0.15, -0.1) is 0 Å². The molecule has 1 heterocycles.